The molecule has 0 aliphatic carbocycles. The standard InChI is InChI=1S/C34H49N5O6/c1-5-22(3)30-34(44)38-19-13-12-18-29(38)33(43)35-26(16-9-7-8-15-25(40)6-2)31(41)36-27(32(42)37-30)21-24-20-23-14-10-11-17-28(23)39(24)45-4/h10-11,14,17,20,22,26-27,29-30H,5-9,12-13,15-16,18-19,21H2,1-4H3,(H,35,43)(H,36,41)(H,37,42)/t22?,26-,27-,29+,30-/m0/s1. The van der Waals surface area contributed by atoms with Crippen LogP contribution >= 0.6 is 0 Å². The van der Waals surface area contributed by atoms with Crippen molar-refractivity contribution >= 4 is 40.3 Å². The fourth-order valence-corrected chi connectivity index (χ4v) is 6.38. The lowest BCUT2D eigenvalue weighted by atomic mass is 9.93. The molecule has 0 radical (unpaired) electrons. The van der Waals surface area contributed by atoms with E-state index in [2.05, 4.69) is 16.0 Å². The molecule has 1 aromatic carbocycles. The summed E-state index contributed by atoms with van der Waals surface area (Å²) in [7, 11) is 1.54. The Bertz CT molecular complexity index is 1370. The topological polar surface area (TPSA) is 139 Å². The minimum atomic E-state index is -1.03. The number of hydrogen-bond donors (Lipinski definition) is 3. The van der Waals surface area contributed by atoms with Crippen molar-refractivity contribution in [1.82, 2.24) is 25.6 Å². The number of Topliss-reactive ketones (excluding diaryl/α,β-unsaturated/α-hetero) is 1. The molecule has 2 saturated heterocycles. The first-order chi connectivity index (χ1) is 21.7. The zero-order valence-electron chi connectivity index (χ0n) is 27.1. The van der Waals surface area contributed by atoms with Crippen molar-refractivity contribution in [3.8, 4) is 0 Å². The first kappa shape index (κ1) is 34.0. The summed E-state index contributed by atoms with van der Waals surface area (Å²) in [6, 6.07) is 6.10. The van der Waals surface area contributed by atoms with Gasteiger partial charge in [-0.05, 0) is 50.2 Å². The molecule has 0 bridgehead atoms. The third-order valence-electron chi connectivity index (χ3n) is 9.31. The molecule has 3 heterocycles. The molecule has 0 saturated carbocycles. The molecule has 2 aliphatic heterocycles. The van der Waals surface area contributed by atoms with Gasteiger partial charge in [0.1, 0.15) is 37.1 Å². The fourth-order valence-electron chi connectivity index (χ4n) is 6.38. The molecule has 1 aromatic heterocycles. The van der Waals surface area contributed by atoms with E-state index in [1.54, 1.807) is 16.7 Å². The van der Waals surface area contributed by atoms with Gasteiger partial charge < -0.3 is 25.7 Å². The fraction of sp³-hybridized carbons (Fsp3) is 0.618. The van der Waals surface area contributed by atoms with Gasteiger partial charge in [-0.25, -0.2) is 0 Å². The number of ketones is 1. The van der Waals surface area contributed by atoms with Crippen molar-refractivity contribution in [1.29, 1.82) is 0 Å². The van der Waals surface area contributed by atoms with Crippen molar-refractivity contribution in [3.05, 3.63) is 36.0 Å². The Kier molecular flexibility index (Phi) is 12.0. The van der Waals surface area contributed by atoms with Gasteiger partial charge in [-0.3, -0.25) is 24.0 Å². The van der Waals surface area contributed by atoms with Crippen LogP contribution in [0.5, 0.6) is 0 Å². The van der Waals surface area contributed by atoms with Crippen LogP contribution in [-0.4, -0.2) is 76.9 Å². The predicted molar refractivity (Wildman–Crippen MR) is 171 cm³/mol. The molecule has 11 heteroatoms. The van der Waals surface area contributed by atoms with Gasteiger partial charge in [-0.2, -0.15) is 4.73 Å². The van der Waals surface area contributed by atoms with Crippen LogP contribution in [0, 0.1) is 5.92 Å². The Hall–Kier alpha value is -3.89. The van der Waals surface area contributed by atoms with Crippen LogP contribution < -0.4 is 20.8 Å². The minimum absolute atomic E-state index is 0.105. The number of carbonyl (C=O) groups is 5. The van der Waals surface area contributed by atoms with Gasteiger partial charge in [0.2, 0.25) is 23.6 Å². The van der Waals surface area contributed by atoms with Gasteiger partial charge in [0.05, 0.1) is 11.2 Å². The van der Waals surface area contributed by atoms with E-state index in [4.69, 9.17) is 4.84 Å². The Labute approximate surface area is 265 Å². The molecule has 2 aromatic rings. The molecule has 1 unspecified atom stereocenters. The van der Waals surface area contributed by atoms with Crippen LogP contribution in [0.4, 0.5) is 0 Å². The second-order valence-corrected chi connectivity index (χ2v) is 12.4. The first-order valence-electron chi connectivity index (χ1n) is 16.6. The Morgan fingerprint density at radius 3 is 2.42 bits per heavy atom. The molecule has 11 nitrogen and oxygen atoms in total. The number of nitrogens with zero attached hydrogens (tertiary/aromatic N) is 2. The highest BCUT2D eigenvalue weighted by atomic mass is 16.6. The first-order valence-corrected chi connectivity index (χ1v) is 16.6. The number of unbranched alkanes of at least 4 members (excludes halogenated alkanes) is 2. The van der Waals surface area contributed by atoms with Crippen LogP contribution in [0.25, 0.3) is 10.9 Å². The summed E-state index contributed by atoms with van der Waals surface area (Å²) in [5.74, 6) is -1.53. The maximum absolute atomic E-state index is 14.0. The highest BCUT2D eigenvalue weighted by molar-refractivity contribution is 5.98. The maximum atomic E-state index is 14.0. The minimum Gasteiger partial charge on any atom is -0.417 e. The number of piperidine rings is 1. The second-order valence-electron chi connectivity index (χ2n) is 12.4. The van der Waals surface area contributed by atoms with Crippen LogP contribution in [-0.2, 0) is 30.4 Å². The Morgan fingerprint density at radius 2 is 1.69 bits per heavy atom. The average molecular weight is 624 g/mol. The van der Waals surface area contributed by atoms with E-state index in [1.165, 1.54) is 0 Å². The monoisotopic (exact) mass is 623 g/mol. The van der Waals surface area contributed by atoms with E-state index in [0.29, 0.717) is 57.2 Å². The van der Waals surface area contributed by atoms with Gasteiger partial charge in [0.15, 0.2) is 0 Å². The lowest BCUT2D eigenvalue weighted by Crippen LogP contribution is -2.64. The van der Waals surface area contributed by atoms with E-state index < -0.39 is 36.0 Å². The molecular weight excluding hydrogens is 574 g/mol. The molecule has 2 aliphatic rings. The van der Waals surface area contributed by atoms with Gasteiger partial charge in [-0.1, -0.05) is 58.2 Å². The number of amides is 4. The molecule has 2 fully saturated rings. The molecule has 5 atom stereocenters. The number of benzene rings is 1. The third kappa shape index (κ3) is 8.23. The number of fused-ring (bicyclic) bond motifs is 2. The van der Waals surface area contributed by atoms with Crippen LogP contribution in [0.1, 0.15) is 90.7 Å². The summed E-state index contributed by atoms with van der Waals surface area (Å²) >= 11 is 0. The zero-order valence-corrected chi connectivity index (χ0v) is 27.1. The van der Waals surface area contributed by atoms with Gasteiger partial charge in [-0.15, -0.1) is 0 Å². The highest BCUT2D eigenvalue weighted by Gasteiger charge is 2.41. The summed E-state index contributed by atoms with van der Waals surface area (Å²) < 4.78 is 1.64. The lowest BCUT2D eigenvalue weighted by Gasteiger charge is -2.39. The summed E-state index contributed by atoms with van der Waals surface area (Å²) in [5.41, 5.74) is 1.50. The van der Waals surface area contributed by atoms with Crippen molar-refractivity contribution in [3.63, 3.8) is 0 Å². The normalized spacial score (nSPS) is 23.7. The van der Waals surface area contributed by atoms with Crippen LogP contribution in [0.2, 0.25) is 0 Å². The molecule has 45 heavy (non-hydrogen) atoms. The number of para-hydroxylation sites is 1. The third-order valence-corrected chi connectivity index (χ3v) is 9.31. The summed E-state index contributed by atoms with van der Waals surface area (Å²) in [4.78, 5) is 74.7. The number of aromatic nitrogens is 1. The quantitative estimate of drug-likeness (QED) is 0.311. The SMILES string of the molecule is CCC(=O)CCCCC[C@@H]1NC(=O)[C@H]2CCCCN2C(=O)[C@H](C(C)CC)NC(=O)[C@H](Cc2cc3ccccc3n2OC)NC1=O. The van der Waals surface area contributed by atoms with E-state index in [-0.39, 0.29) is 29.9 Å². The van der Waals surface area contributed by atoms with Gasteiger partial charge >= 0.3 is 0 Å². The largest absolute Gasteiger partial charge is 0.417 e. The molecule has 246 valence electrons. The van der Waals surface area contributed by atoms with Crippen molar-refractivity contribution in [2.75, 3.05) is 13.7 Å². The number of nitrogens with one attached hydrogen (secondary N) is 3. The van der Waals surface area contributed by atoms with Crippen LogP contribution in [0.3, 0.4) is 0 Å². The van der Waals surface area contributed by atoms with Crippen molar-refractivity contribution < 1.29 is 28.8 Å². The highest BCUT2D eigenvalue weighted by Crippen LogP contribution is 2.23. The molecule has 0 spiro atoms. The number of hydrogen-bond acceptors (Lipinski definition) is 6. The molecule has 4 rings (SSSR count). The number of carbonyl (C=O) groups excluding carboxylic acids is 5. The van der Waals surface area contributed by atoms with Crippen molar-refractivity contribution in [2.45, 2.75) is 116 Å². The Morgan fingerprint density at radius 1 is 0.956 bits per heavy atom. The van der Waals surface area contributed by atoms with Gasteiger partial charge in [0.25, 0.3) is 0 Å². The van der Waals surface area contributed by atoms with E-state index in [1.807, 2.05) is 51.1 Å². The van der Waals surface area contributed by atoms with Crippen molar-refractivity contribution in [2.24, 2.45) is 5.92 Å². The lowest BCUT2D eigenvalue weighted by molar-refractivity contribution is -0.147. The molecule has 3 N–H and O–H groups in total. The van der Waals surface area contributed by atoms with Crippen LogP contribution in [0.15, 0.2) is 30.3 Å². The average Bonchev–Trinajstić information content (AvgIpc) is 3.41. The summed E-state index contributed by atoms with van der Waals surface area (Å²) in [6.45, 7) is 6.13. The number of rotatable bonds is 12. The summed E-state index contributed by atoms with van der Waals surface area (Å²) in [5, 5.41) is 9.76. The summed E-state index contributed by atoms with van der Waals surface area (Å²) in [6.07, 6.45) is 6.20. The zero-order chi connectivity index (χ0) is 32.5. The van der Waals surface area contributed by atoms with E-state index >= 15 is 0 Å². The molecular formula is C34H49N5O6. The maximum Gasteiger partial charge on any atom is 0.246 e. The molecule has 4 amide bonds. The Balaban J connectivity index is 1.66. The van der Waals surface area contributed by atoms with E-state index in [0.717, 1.165) is 30.2 Å². The van der Waals surface area contributed by atoms with E-state index in [9.17, 15) is 24.0 Å². The van der Waals surface area contributed by atoms with Gasteiger partial charge in [0, 0.05) is 31.2 Å². The predicted octanol–water partition coefficient (Wildman–Crippen LogP) is 3.07. The smallest absolute Gasteiger partial charge is 0.246 e. The second kappa shape index (κ2) is 15.9.